The van der Waals surface area contributed by atoms with Gasteiger partial charge < -0.3 is 10.1 Å². The van der Waals surface area contributed by atoms with Crippen LogP contribution in [0.25, 0.3) is 0 Å². The highest BCUT2D eigenvalue weighted by molar-refractivity contribution is 7.88. The number of sulfonamides is 1. The highest BCUT2D eigenvalue weighted by Gasteiger charge is 2.37. The van der Waals surface area contributed by atoms with E-state index in [0.717, 1.165) is 24.2 Å². The van der Waals surface area contributed by atoms with Crippen LogP contribution in [-0.2, 0) is 21.2 Å². The number of carbonyl (C=O) groups is 1. The van der Waals surface area contributed by atoms with E-state index in [9.17, 15) is 13.2 Å². The predicted octanol–water partition coefficient (Wildman–Crippen LogP) is 1.41. The fourth-order valence-electron chi connectivity index (χ4n) is 3.12. The fraction of sp³-hybridized carbons (Fsp3) is 0.588. The number of methoxy groups -OCH3 is 1. The monoisotopic (exact) mass is 354 g/mol. The Balaban J connectivity index is 1.97. The van der Waals surface area contributed by atoms with Gasteiger partial charge in [0, 0.05) is 19.1 Å². The Morgan fingerprint density at radius 1 is 1.29 bits per heavy atom. The molecule has 1 N–H and O–H groups in total. The van der Waals surface area contributed by atoms with Crippen LogP contribution in [0.2, 0.25) is 0 Å². The van der Waals surface area contributed by atoms with Crippen LogP contribution in [0.5, 0.6) is 5.75 Å². The van der Waals surface area contributed by atoms with Crippen molar-refractivity contribution in [2.75, 3.05) is 26.5 Å². The van der Waals surface area contributed by atoms with Crippen molar-refractivity contribution in [2.24, 2.45) is 5.92 Å². The van der Waals surface area contributed by atoms with Gasteiger partial charge in [-0.1, -0.05) is 25.5 Å². The summed E-state index contributed by atoms with van der Waals surface area (Å²) in [6.45, 7) is 2.91. The number of rotatable bonds is 7. The van der Waals surface area contributed by atoms with Crippen LogP contribution in [0, 0.1) is 5.92 Å². The Kier molecular flexibility index (Phi) is 6.23. The predicted molar refractivity (Wildman–Crippen MR) is 93.4 cm³/mol. The highest BCUT2D eigenvalue weighted by Crippen LogP contribution is 2.24. The van der Waals surface area contributed by atoms with Crippen molar-refractivity contribution < 1.29 is 17.9 Å². The second-order valence-electron chi connectivity index (χ2n) is 6.33. The van der Waals surface area contributed by atoms with E-state index < -0.39 is 10.0 Å². The third kappa shape index (κ3) is 4.95. The molecule has 6 nitrogen and oxygen atoms in total. The maximum atomic E-state index is 12.3. The normalized spacial score (nSPS) is 21.6. The van der Waals surface area contributed by atoms with Crippen molar-refractivity contribution >= 4 is 15.9 Å². The molecule has 0 radical (unpaired) electrons. The van der Waals surface area contributed by atoms with Crippen LogP contribution in [0.3, 0.4) is 0 Å². The standard InChI is InChI=1S/C17H26N2O4S/c1-4-5-14-11-19(24(3,21)22)12-16(14)18-17(20)10-13-6-8-15(23-2)9-7-13/h6-9,14,16H,4-5,10-12H2,1-3H3,(H,18,20)/t14-,16-/m1/s1. The van der Waals surface area contributed by atoms with Crippen molar-refractivity contribution in [1.82, 2.24) is 9.62 Å². The van der Waals surface area contributed by atoms with Crippen molar-refractivity contribution in [1.29, 1.82) is 0 Å². The maximum absolute atomic E-state index is 12.3. The van der Waals surface area contributed by atoms with E-state index in [0.29, 0.717) is 13.1 Å². The minimum atomic E-state index is -3.22. The van der Waals surface area contributed by atoms with Gasteiger partial charge in [-0.05, 0) is 30.0 Å². The van der Waals surface area contributed by atoms with Crippen molar-refractivity contribution in [3.8, 4) is 5.75 Å². The first-order valence-electron chi connectivity index (χ1n) is 8.21. The van der Waals surface area contributed by atoms with Gasteiger partial charge in [-0.3, -0.25) is 4.79 Å². The number of ether oxygens (including phenoxy) is 1. The van der Waals surface area contributed by atoms with E-state index in [1.54, 1.807) is 7.11 Å². The summed E-state index contributed by atoms with van der Waals surface area (Å²) in [5.41, 5.74) is 0.901. The first-order chi connectivity index (χ1) is 11.3. The lowest BCUT2D eigenvalue weighted by Gasteiger charge is -2.19. The minimum absolute atomic E-state index is 0.0818. The topological polar surface area (TPSA) is 75.7 Å². The number of hydrogen-bond acceptors (Lipinski definition) is 4. The molecule has 1 aromatic carbocycles. The lowest BCUT2D eigenvalue weighted by Crippen LogP contribution is -2.41. The minimum Gasteiger partial charge on any atom is -0.497 e. The van der Waals surface area contributed by atoms with Crippen molar-refractivity contribution in [3.63, 3.8) is 0 Å². The Hall–Kier alpha value is -1.60. The molecule has 134 valence electrons. The molecule has 2 rings (SSSR count). The lowest BCUT2D eigenvalue weighted by atomic mass is 9.98. The second-order valence-corrected chi connectivity index (χ2v) is 8.31. The van der Waals surface area contributed by atoms with Gasteiger partial charge in [0.2, 0.25) is 15.9 Å². The van der Waals surface area contributed by atoms with E-state index in [1.165, 1.54) is 10.6 Å². The van der Waals surface area contributed by atoms with Crippen LogP contribution < -0.4 is 10.1 Å². The summed E-state index contributed by atoms with van der Waals surface area (Å²) in [5.74, 6) is 0.841. The van der Waals surface area contributed by atoms with Gasteiger partial charge in [-0.2, -0.15) is 4.31 Å². The largest absolute Gasteiger partial charge is 0.497 e. The number of benzene rings is 1. The van der Waals surface area contributed by atoms with E-state index in [2.05, 4.69) is 12.2 Å². The molecule has 1 saturated heterocycles. The molecule has 0 aliphatic carbocycles. The van der Waals surface area contributed by atoms with Gasteiger partial charge in [0.1, 0.15) is 5.75 Å². The third-order valence-electron chi connectivity index (χ3n) is 4.41. The quantitative estimate of drug-likeness (QED) is 0.803. The number of carbonyl (C=O) groups excluding carboxylic acids is 1. The first kappa shape index (κ1) is 18.7. The molecule has 0 saturated carbocycles. The summed E-state index contributed by atoms with van der Waals surface area (Å²) in [4.78, 5) is 12.3. The SMILES string of the molecule is CCC[C@@H]1CN(S(C)(=O)=O)C[C@H]1NC(=O)Cc1ccc(OC)cc1. The van der Waals surface area contributed by atoms with Crippen LogP contribution in [0.1, 0.15) is 25.3 Å². The molecular weight excluding hydrogens is 328 g/mol. The average molecular weight is 354 g/mol. The Morgan fingerprint density at radius 2 is 1.96 bits per heavy atom. The zero-order valence-electron chi connectivity index (χ0n) is 14.5. The molecule has 24 heavy (non-hydrogen) atoms. The van der Waals surface area contributed by atoms with Gasteiger partial charge in [-0.15, -0.1) is 0 Å². The number of amides is 1. The van der Waals surface area contributed by atoms with Crippen LogP contribution >= 0.6 is 0 Å². The molecule has 1 amide bonds. The first-order valence-corrected chi connectivity index (χ1v) is 10.1. The number of nitrogens with zero attached hydrogens (tertiary/aromatic N) is 1. The number of hydrogen-bond donors (Lipinski definition) is 1. The van der Waals surface area contributed by atoms with E-state index in [4.69, 9.17) is 4.74 Å². The van der Waals surface area contributed by atoms with Crippen LogP contribution in [0.4, 0.5) is 0 Å². The van der Waals surface area contributed by atoms with E-state index >= 15 is 0 Å². The van der Waals surface area contributed by atoms with Gasteiger partial charge in [0.25, 0.3) is 0 Å². The summed E-state index contributed by atoms with van der Waals surface area (Å²) in [6, 6.07) is 7.25. The van der Waals surface area contributed by atoms with E-state index in [1.807, 2.05) is 24.3 Å². The van der Waals surface area contributed by atoms with Gasteiger partial charge in [0.15, 0.2) is 0 Å². The van der Waals surface area contributed by atoms with Crippen molar-refractivity contribution in [3.05, 3.63) is 29.8 Å². The molecule has 1 aliphatic rings. The fourth-order valence-corrected chi connectivity index (χ4v) is 4.01. The van der Waals surface area contributed by atoms with Crippen LogP contribution in [0.15, 0.2) is 24.3 Å². The molecule has 0 spiro atoms. The third-order valence-corrected chi connectivity index (χ3v) is 5.64. The summed E-state index contributed by atoms with van der Waals surface area (Å²) in [5, 5.41) is 3.02. The lowest BCUT2D eigenvalue weighted by molar-refractivity contribution is -0.121. The zero-order chi connectivity index (χ0) is 17.7. The smallest absolute Gasteiger partial charge is 0.224 e. The summed E-state index contributed by atoms with van der Waals surface area (Å²) >= 11 is 0. The van der Waals surface area contributed by atoms with Gasteiger partial charge in [0.05, 0.1) is 19.8 Å². The molecule has 1 aromatic rings. The second kappa shape index (κ2) is 7.98. The average Bonchev–Trinajstić information content (AvgIpc) is 2.91. The molecule has 2 atom stereocenters. The molecule has 0 aromatic heterocycles. The molecule has 0 unspecified atom stereocenters. The summed E-state index contributed by atoms with van der Waals surface area (Å²) < 4.78 is 30.1. The molecule has 7 heteroatoms. The zero-order valence-corrected chi connectivity index (χ0v) is 15.3. The molecular formula is C17H26N2O4S. The number of nitrogens with one attached hydrogen (secondary N) is 1. The molecule has 1 aliphatic heterocycles. The highest BCUT2D eigenvalue weighted by atomic mass is 32.2. The Labute approximate surface area is 144 Å². The Bertz CT molecular complexity index is 658. The van der Waals surface area contributed by atoms with Gasteiger partial charge in [-0.25, -0.2) is 8.42 Å². The summed E-state index contributed by atoms with van der Waals surface area (Å²) in [7, 11) is -1.62. The van der Waals surface area contributed by atoms with Crippen molar-refractivity contribution in [2.45, 2.75) is 32.2 Å². The molecule has 0 bridgehead atoms. The maximum Gasteiger partial charge on any atom is 0.224 e. The summed E-state index contributed by atoms with van der Waals surface area (Å²) in [6.07, 6.45) is 3.36. The molecule has 1 fully saturated rings. The van der Waals surface area contributed by atoms with Crippen LogP contribution in [-0.4, -0.2) is 51.1 Å². The molecule has 1 heterocycles. The van der Waals surface area contributed by atoms with Gasteiger partial charge >= 0.3 is 0 Å². The van der Waals surface area contributed by atoms with E-state index in [-0.39, 0.29) is 24.3 Å². The Morgan fingerprint density at radius 3 is 2.50 bits per heavy atom.